The van der Waals surface area contributed by atoms with Gasteiger partial charge in [0.05, 0.1) is 21.7 Å². The molecule has 0 aliphatic heterocycles. The molecule has 1 N–H and O–H groups in total. The molecule has 5 rings (SSSR count). The molecule has 1 aliphatic carbocycles. The van der Waals surface area contributed by atoms with E-state index in [1.54, 1.807) is 22.8 Å². The molecule has 0 bridgehead atoms. The first-order valence-corrected chi connectivity index (χ1v) is 14.1. The number of nitrogens with zero attached hydrogens (tertiary/aromatic N) is 1. The van der Waals surface area contributed by atoms with E-state index in [9.17, 15) is 13.2 Å². The topological polar surface area (TPSA) is 68.2 Å². The zero-order valence-corrected chi connectivity index (χ0v) is 20.8. The summed E-state index contributed by atoms with van der Waals surface area (Å²) in [4.78, 5) is 12.7. The predicted molar refractivity (Wildman–Crippen MR) is 138 cm³/mol. The van der Waals surface area contributed by atoms with Gasteiger partial charge in [-0.3, -0.25) is 9.36 Å². The Morgan fingerprint density at radius 2 is 1.74 bits per heavy atom. The number of aromatic nitrogens is 1. The zero-order chi connectivity index (χ0) is 23.7. The van der Waals surface area contributed by atoms with Gasteiger partial charge in [-0.15, -0.1) is 0 Å². The average Bonchev–Trinajstić information content (AvgIpc) is 3.17. The Bertz CT molecular complexity index is 1490. The van der Waals surface area contributed by atoms with Gasteiger partial charge in [-0.25, -0.2) is 13.1 Å². The van der Waals surface area contributed by atoms with Gasteiger partial charge >= 0.3 is 4.87 Å². The van der Waals surface area contributed by atoms with E-state index in [-0.39, 0.29) is 15.8 Å². The Kier molecular flexibility index (Phi) is 6.42. The van der Waals surface area contributed by atoms with E-state index in [4.69, 9.17) is 0 Å². The molecule has 176 valence electrons. The van der Waals surface area contributed by atoms with Crippen LogP contribution < -0.4 is 9.60 Å². The Morgan fingerprint density at radius 3 is 2.50 bits per heavy atom. The smallest absolute Gasteiger partial charge is 0.294 e. The van der Waals surface area contributed by atoms with Gasteiger partial charge in [0.2, 0.25) is 10.0 Å². The molecule has 0 saturated carbocycles. The van der Waals surface area contributed by atoms with Crippen LogP contribution in [0.3, 0.4) is 0 Å². The molecule has 1 heterocycles. The second-order valence-corrected chi connectivity index (χ2v) is 11.6. The molecule has 34 heavy (non-hydrogen) atoms. The van der Waals surface area contributed by atoms with Gasteiger partial charge in [-0.05, 0) is 72.6 Å². The van der Waals surface area contributed by atoms with Crippen molar-refractivity contribution in [1.29, 1.82) is 0 Å². The number of hydrogen-bond donors (Lipinski definition) is 1. The van der Waals surface area contributed by atoms with Crippen LogP contribution in [0.4, 0.5) is 0 Å². The number of thiazole rings is 1. The van der Waals surface area contributed by atoms with E-state index in [1.807, 2.05) is 37.3 Å². The standard InChI is InChI=1S/C27H28N2O3S2/c1-2-24(22-13-12-20-10-6-7-11-21(20)16-22)28-34(31,32)23-14-15-25-26(17-23)33-27(30)29(25)18-19-8-4-3-5-9-19/h3-5,8-9,12-17,24,28H,2,6-7,10-11,18H2,1H3/t24-/m1/s1. The van der Waals surface area contributed by atoms with Crippen LogP contribution in [0.5, 0.6) is 0 Å². The second kappa shape index (κ2) is 9.49. The molecule has 3 aromatic carbocycles. The highest BCUT2D eigenvalue weighted by Crippen LogP contribution is 2.28. The minimum atomic E-state index is -3.75. The van der Waals surface area contributed by atoms with E-state index in [2.05, 4.69) is 22.9 Å². The first-order valence-electron chi connectivity index (χ1n) is 11.8. The lowest BCUT2D eigenvalue weighted by molar-refractivity contribution is 0.549. The van der Waals surface area contributed by atoms with Crippen LogP contribution >= 0.6 is 11.3 Å². The largest absolute Gasteiger partial charge is 0.308 e. The molecular formula is C27H28N2O3S2. The van der Waals surface area contributed by atoms with Gasteiger partial charge in [0.25, 0.3) is 0 Å². The molecule has 1 atom stereocenters. The van der Waals surface area contributed by atoms with Gasteiger partial charge in [0.1, 0.15) is 0 Å². The molecular weight excluding hydrogens is 464 g/mol. The summed E-state index contributed by atoms with van der Waals surface area (Å²) in [5.74, 6) is 0. The highest BCUT2D eigenvalue weighted by molar-refractivity contribution is 7.89. The Morgan fingerprint density at radius 1 is 0.971 bits per heavy atom. The summed E-state index contributed by atoms with van der Waals surface area (Å²) in [5.41, 5.74) is 5.50. The number of rotatable bonds is 7. The van der Waals surface area contributed by atoms with Crippen molar-refractivity contribution < 1.29 is 8.42 Å². The fourth-order valence-corrected chi connectivity index (χ4v) is 7.08. The maximum Gasteiger partial charge on any atom is 0.308 e. The monoisotopic (exact) mass is 492 g/mol. The van der Waals surface area contributed by atoms with E-state index < -0.39 is 10.0 Å². The van der Waals surface area contributed by atoms with Crippen LogP contribution in [0.1, 0.15) is 54.5 Å². The zero-order valence-electron chi connectivity index (χ0n) is 19.2. The third kappa shape index (κ3) is 4.60. The summed E-state index contributed by atoms with van der Waals surface area (Å²) in [6.07, 6.45) is 5.22. The molecule has 0 fully saturated rings. The van der Waals surface area contributed by atoms with Gasteiger partial charge in [0.15, 0.2) is 0 Å². The van der Waals surface area contributed by atoms with Crippen LogP contribution in [0.2, 0.25) is 0 Å². The number of nitrogens with one attached hydrogen (secondary N) is 1. The summed E-state index contributed by atoms with van der Waals surface area (Å²) in [7, 11) is -3.75. The van der Waals surface area contributed by atoms with E-state index in [0.29, 0.717) is 17.7 Å². The molecule has 0 spiro atoms. The first kappa shape index (κ1) is 23.0. The fraction of sp³-hybridized carbons (Fsp3) is 0.296. The molecule has 5 nitrogen and oxygen atoms in total. The molecule has 0 saturated heterocycles. The molecule has 1 aliphatic rings. The highest BCUT2D eigenvalue weighted by Gasteiger charge is 2.23. The Labute approximate surface area is 204 Å². The normalized spacial score (nSPS) is 14.7. The summed E-state index contributed by atoms with van der Waals surface area (Å²) < 4.78 is 31.9. The van der Waals surface area contributed by atoms with Crippen molar-refractivity contribution in [3.63, 3.8) is 0 Å². The third-order valence-corrected chi connectivity index (χ3v) is 9.03. The number of benzene rings is 3. The van der Waals surface area contributed by atoms with Crippen molar-refractivity contribution in [3.8, 4) is 0 Å². The molecule has 1 aromatic heterocycles. The molecule has 0 unspecified atom stereocenters. The van der Waals surface area contributed by atoms with Crippen LogP contribution in [-0.4, -0.2) is 13.0 Å². The maximum atomic E-state index is 13.3. The molecule has 0 radical (unpaired) electrons. The van der Waals surface area contributed by atoms with Crippen LogP contribution in [0, 0.1) is 0 Å². The van der Waals surface area contributed by atoms with Crippen molar-refractivity contribution in [1.82, 2.24) is 9.29 Å². The van der Waals surface area contributed by atoms with Gasteiger partial charge in [0, 0.05) is 6.04 Å². The second-order valence-electron chi connectivity index (χ2n) is 8.89. The van der Waals surface area contributed by atoms with Gasteiger partial charge in [-0.1, -0.05) is 66.8 Å². The Hall–Kier alpha value is -2.74. The van der Waals surface area contributed by atoms with Crippen molar-refractivity contribution >= 4 is 31.6 Å². The lowest BCUT2D eigenvalue weighted by Crippen LogP contribution is -2.28. The summed E-state index contributed by atoms with van der Waals surface area (Å²) in [6, 6.07) is 20.8. The lowest BCUT2D eigenvalue weighted by Gasteiger charge is -2.21. The lowest BCUT2D eigenvalue weighted by atomic mass is 9.89. The fourth-order valence-electron chi connectivity index (χ4n) is 4.74. The van der Waals surface area contributed by atoms with Gasteiger partial charge < -0.3 is 0 Å². The maximum absolute atomic E-state index is 13.3. The predicted octanol–water partition coefficient (Wildman–Crippen LogP) is 5.42. The van der Waals surface area contributed by atoms with Crippen molar-refractivity contribution in [3.05, 3.63) is 98.7 Å². The Balaban J connectivity index is 1.42. The number of sulfonamides is 1. The molecule has 7 heteroatoms. The minimum absolute atomic E-state index is 0.0955. The summed E-state index contributed by atoms with van der Waals surface area (Å²) in [6.45, 7) is 2.45. The summed E-state index contributed by atoms with van der Waals surface area (Å²) in [5, 5.41) is 0. The van der Waals surface area contributed by atoms with Gasteiger partial charge in [-0.2, -0.15) is 0 Å². The quantitative estimate of drug-likeness (QED) is 0.375. The molecule has 0 amide bonds. The van der Waals surface area contributed by atoms with E-state index >= 15 is 0 Å². The first-order chi connectivity index (χ1) is 16.4. The van der Waals surface area contributed by atoms with Crippen molar-refractivity contribution in [2.45, 2.75) is 56.5 Å². The van der Waals surface area contributed by atoms with Crippen LogP contribution in [-0.2, 0) is 29.4 Å². The van der Waals surface area contributed by atoms with Crippen molar-refractivity contribution in [2.24, 2.45) is 0 Å². The third-order valence-electron chi connectivity index (χ3n) is 6.61. The van der Waals surface area contributed by atoms with E-state index in [1.165, 1.54) is 24.0 Å². The van der Waals surface area contributed by atoms with Crippen LogP contribution in [0.15, 0.2) is 76.4 Å². The highest BCUT2D eigenvalue weighted by atomic mass is 32.2. The number of hydrogen-bond acceptors (Lipinski definition) is 4. The minimum Gasteiger partial charge on any atom is -0.294 e. The average molecular weight is 493 g/mol. The van der Waals surface area contributed by atoms with E-state index in [0.717, 1.165) is 40.8 Å². The number of fused-ring (bicyclic) bond motifs is 2. The number of aryl methyl sites for hydroxylation is 2. The van der Waals surface area contributed by atoms with Crippen LogP contribution in [0.25, 0.3) is 10.2 Å². The van der Waals surface area contributed by atoms with Crippen molar-refractivity contribution in [2.75, 3.05) is 0 Å². The molecule has 4 aromatic rings. The summed E-state index contributed by atoms with van der Waals surface area (Å²) >= 11 is 1.08. The SMILES string of the molecule is CC[C@@H](NS(=O)(=O)c1ccc2c(c1)sc(=O)n2Cc1ccccc1)c1ccc2c(c1)CCCC2.